The molecule has 0 saturated carbocycles. The summed E-state index contributed by atoms with van der Waals surface area (Å²) >= 11 is 1.59. The molecule has 0 saturated heterocycles. The molecule has 19 heavy (non-hydrogen) atoms. The van der Waals surface area contributed by atoms with E-state index in [1.54, 1.807) is 17.5 Å². The Morgan fingerprint density at radius 1 is 1.32 bits per heavy atom. The molecule has 0 fully saturated rings. The highest BCUT2D eigenvalue weighted by atomic mass is 32.1. The van der Waals surface area contributed by atoms with Crippen LogP contribution in [0.2, 0.25) is 0 Å². The Morgan fingerprint density at radius 3 is 2.89 bits per heavy atom. The van der Waals surface area contributed by atoms with Gasteiger partial charge in [0.15, 0.2) is 10.8 Å². The zero-order chi connectivity index (χ0) is 13.4. The molecule has 3 aromatic rings. The van der Waals surface area contributed by atoms with Crippen LogP contribution in [0.5, 0.6) is 0 Å². The number of nitrogens with one attached hydrogen (secondary N) is 1. The zero-order valence-electron chi connectivity index (χ0n) is 11.1. The van der Waals surface area contributed by atoms with E-state index in [0.29, 0.717) is 0 Å². The third-order valence-corrected chi connectivity index (χ3v) is 3.83. The fraction of sp³-hybridized carbons (Fsp3) is 0.308. The topological polar surface area (TPSA) is 55.1 Å². The first-order valence-electron chi connectivity index (χ1n) is 6.13. The normalized spacial score (nSPS) is 12.8. The molecule has 1 unspecified atom stereocenters. The van der Waals surface area contributed by atoms with Gasteiger partial charge >= 0.3 is 0 Å². The average Bonchev–Trinajstić information content (AvgIpc) is 2.98. The molecule has 0 aliphatic heterocycles. The Labute approximate surface area is 115 Å². The number of aromatic nitrogens is 4. The quantitative estimate of drug-likeness (QED) is 0.797. The van der Waals surface area contributed by atoms with E-state index in [4.69, 9.17) is 0 Å². The van der Waals surface area contributed by atoms with E-state index in [2.05, 4.69) is 34.2 Å². The monoisotopic (exact) mass is 273 g/mol. The lowest BCUT2D eigenvalue weighted by atomic mass is 10.1. The molecule has 0 aliphatic carbocycles. The van der Waals surface area contributed by atoms with Gasteiger partial charge in [-0.05, 0) is 20.8 Å². The highest BCUT2D eigenvalue weighted by Crippen LogP contribution is 2.23. The molecule has 0 bridgehead atoms. The molecule has 1 atom stereocenters. The highest BCUT2D eigenvalue weighted by molar-refractivity contribution is 7.13. The van der Waals surface area contributed by atoms with Crippen LogP contribution in [-0.2, 0) is 0 Å². The van der Waals surface area contributed by atoms with Gasteiger partial charge in [0.2, 0.25) is 0 Å². The van der Waals surface area contributed by atoms with E-state index >= 15 is 0 Å². The van der Waals surface area contributed by atoms with Crippen LogP contribution < -0.4 is 5.32 Å². The molecule has 98 valence electrons. The summed E-state index contributed by atoms with van der Waals surface area (Å²) in [5.74, 6) is 0. The third kappa shape index (κ3) is 2.19. The fourth-order valence-corrected chi connectivity index (χ4v) is 2.78. The smallest absolute Gasteiger partial charge is 0.183 e. The fourth-order valence-electron chi connectivity index (χ4n) is 2.16. The van der Waals surface area contributed by atoms with Gasteiger partial charge in [0.25, 0.3) is 0 Å². The second-order valence-corrected chi connectivity index (χ2v) is 5.45. The average molecular weight is 273 g/mol. The van der Waals surface area contributed by atoms with Crippen LogP contribution in [0.4, 0.5) is 5.13 Å². The van der Waals surface area contributed by atoms with Crippen molar-refractivity contribution in [3.05, 3.63) is 40.8 Å². The van der Waals surface area contributed by atoms with E-state index in [1.807, 2.05) is 29.1 Å². The first-order chi connectivity index (χ1) is 9.15. The summed E-state index contributed by atoms with van der Waals surface area (Å²) in [4.78, 5) is 8.70. The Hall–Kier alpha value is -1.95. The number of thiazole rings is 1. The number of fused-ring (bicyclic) bond motifs is 1. The molecule has 0 aliphatic rings. The number of hydrogen-bond acceptors (Lipinski definition) is 5. The van der Waals surface area contributed by atoms with Gasteiger partial charge in [0.1, 0.15) is 0 Å². The molecule has 3 rings (SSSR count). The lowest BCUT2D eigenvalue weighted by Gasteiger charge is -2.15. The molecule has 3 heterocycles. The summed E-state index contributed by atoms with van der Waals surface area (Å²) in [5.41, 5.74) is 4.11. The van der Waals surface area contributed by atoms with Crippen LogP contribution in [0.3, 0.4) is 0 Å². The van der Waals surface area contributed by atoms with E-state index in [-0.39, 0.29) is 6.04 Å². The molecule has 0 aromatic carbocycles. The van der Waals surface area contributed by atoms with Crippen molar-refractivity contribution in [1.82, 2.24) is 19.6 Å². The van der Waals surface area contributed by atoms with Gasteiger partial charge in [-0.15, -0.1) is 11.3 Å². The standard InChI is InChI=1S/C13H15N5S/c1-8-6-12-15-7-11(10(3)18(12)17-8)9(2)16-13-14-4-5-19-13/h4-7,9H,1-3H3,(H,14,16). The van der Waals surface area contributed by atoms with Crippen molar-refractivity contribution >= 4 is 22.1 Å². The predicted octanol–water partition coefficient (Wildman–Crippen LogP) is 2.98. The Kier molecular flexibility index (Phi) is 2.94. The minimum atomic E-state index is 0.146. The highest BCUT2D eigenvalue weighted by Gasteiger charge is 2.13. The maximum absolute atomic E-state index is 4.47. The predicted molar refractivity (Wildman–Crippen MR) is 76.6 cm³/mol. The number of rotatable bonds is 3. The number of aryl methyl sites for hydroxylation is 2. The second kappa shape index (κ2) is 4.62. The Balaban J connectivity index is 1.97. The summed E-state index contributed by atoms with van der Waals surface area (Å²) in [6.45, 7) is 6.15. The Morgan fingerprint density at radius 2 is 2.16 bits per heavy atom. The molecule has 0 spiro atoms. The van der Waals surface area contributed by atoms with Crippen LogP contribution in [0.15, 0.2) is 23.8 Å². The molecule has 0 amide bonds. The zero-order valence-corrected chi connectivity index (χ0v) is 11.9. The van der Waals surface area contributed by atoms with E-state index < -0.39 is 0 Å². The third-order valence-electron chi connectivity index (χ3n) is 3.12. The van der Waals surface area contributed by atoms with Gasteiger partial charge in [-0.3, -0.25) is 0 Å². The summed E-state index contributed by atoms with van der Waals surface area (Å²) in [5, 5.41) is 10.7. The minimum Gasteiger partial charge on any atom is -0.355 e. The largest absolute Gasteiger partial charge is 0.355 e. The molecule has 3 aromatic heterocycles. The maximum atomic E-state index is 4.47. The first kappa shape index (κ1) is 12.1. The molecule has 5 nitrogen and oxygen atoms in total. The van der Waals surface area contributed by atoms with E-state index in [9.17, 15) is 0 Å². The molecular weight excluding hydrogens is 258 g/mol. The molecule has 6 heteroatoms. The summed E-state index contributed by atoms with van der Waals surface area (Å²) < 4.78 is 1.89. The maximum Gasteiger partial charge on any atom is 0.183 e. The molecular formula is C13H15N5S. The van der Waals surface area contributed by atoms with Crippen LogP contribution >= 0.6 is 11.3 Å². The lowest BCUT2D eigenvalue weighted by molar-refractivity contribution is 0.797. The van der Waals surface area contributed by atoms with Crippen molar-refractivity contribution < 1.29 is 0 Å². The van der Waals surface area contributed by atoms with Crippen molar-refractivity contribution in [2.24, 2.45) is 0 Å². The van der Waals surface area contributed by atoms with Crippen molar-refractivity contribution in [3.63, 3.8) is 0 Å². The van der Waals surface area contributed by atoms with Crippen molar-refractivity contribution in [3.8, 4) is 0 Å². The van der Waals surface area contributed by atoms with Gasteiger partial charge < -0.3 is 5.32 Å². The van der Waals surface area contributed by atoms with Gasteiger partial charge in [-0.25, -0.2) is 14.5 Å². The number of anilines is 1. The number of hydrogen-bond donors (Lipinski definition) is 1. The number of nitrogens with zero attached hydrogens (tertiary/aromatic N) is 4. The van der Waals surface area contributed by atoms with E-state index in [1.165, 1.54) is 0 Å². The SMILES string of the molecule is Cc1cc2ncc(C(C)Nc3nccs3)c(C)n2n1. The summed E-state index contributed by atoms with van der Waals surface area (Å²) in [6, 6.07) is 2.13. The molecule has 1 N–H and O–H groups in total. The van der Waals surface area contributed by atoms with Crippen molar-refractivity contribution in [2.75, 3.05) is 5.32 Å². The minimum absolute atomic E-state index is 0.146. The van der Waals surface area contributed by atoms with Gasteiger partial charge in [0.05, 0.1) is 11.7 Å². The van der Waals surface area contributed by atoms with Gasteiger partial charge in [-0.1, -0.05) is 0 Å². The van der Waals surface area contributed by atoms with Crippen LogP contribution in [0, 0.1) is 13.8 Å². The van der Waals surface area contributed by atoms with E-state index in [0.717, 1.165) is 27.7 Å². The van der Waals surface area contributed by atoms with Crippen molar-refractivity contribution in [2.45, 2.75) is 26.8 Å². The Bertz CT molecular complexity index is 701. The molecule has 0 radical (unpaired) electrons. The van der Waals surface area contributed by atoms with Crippen molar-refractivity contribution in [1.29, 1.82) is 0 Å². The first-order valence-corrected chi connectivity index (χ1v) is 7.01. The van der Waals surface area contributed by atoms with Crippen LogP contribution in [-0.4, -0.2) is 19.6 Å². The van der Waals surface area contributed by atoms with Crippen LogP contribution in [0.25, 0.3) is 5.65 Å². The lowest BCUT2D eigenvalue weighted by Crippen LogP contribution is -2.11. The van der Waals surface area contributed by atoms with Gasteiger partial charge in [-0.2, -0.15) is 5.10 Å². The summed E-state index contributed by atoms with van der Waals surface area (Å²) in [7, 11) is 0. The van der Waals surface area contributed by atoms with Gasteiger partial charge in [0, 0.05) is 35.1 Å². The van der Waals surface area contributed by atoms with Crippen LogP contribution in [0.1, 0.15) is 29.9 Å². The second-order valence-electron chi connectivity index (χ2n) is 4.56. The summed E-state index contributed by atoms with van der Waals surface area (Å²) in [6.07, 6.45) is 3.71.